The van der Waals surface area contributed by atoms with Gasteiger partial charge in [-0.1, -0.05) is 23.7 Å². The summed E-state index contributed by atoms with van der Waals surface area (Å²) in [5.41, 5.74) is 6.21. The zero-order valence-electron chi connectivity index (χ0n) is 7.81. The van der Waals surface area contributed by atoms with E-state index in [0.29, 0.717) is 16.7 Å². The highest BCUT2D eigenvalue weighted by molar-refractivity contribution is 6.33. The summed E-state index contributed by atoms with van der Waals surface area (Å²) in [7, 11) is 0. The Morgan fingerprint density at radius 3 is 2.60 bits per heavy atom. The van der Waals surface area contributed by atoms with Crippen LogP contribution in [0.3, 0.4) is 0 Å². The van der Waals surface area contributed by atoms with Crippen molar-refractivity contribution >= 4 is 28.9 Å². The molecule has 0 fully saturated rings. The van der Waals surface area contributed by atoms with Crippen LogP contribution in [-0.2, 0) is 0 Å². The summed E-state index contributed by atoms with van der Waals surface area (Å²) in [5, 5.41) is 3.67. The van der Waals surface area contributed by atoms with Crippen LogP contribution in [0.2, 0.25) is 5.02 Å². The SMILES string of the molecule is Nc1cnc(Nc2ccccc2Cl)cn1. The van der Waals surface area contributed by atoms with Gasteiger partial charge in [0.15, 0.2) is 0 Å². The zero-order chi connectivity index (χ0) is 10.7. The first-order valence-corrected chi connectivity index (χ1v) is 4.72. The average molecular weight is 221 g/mol. The maximum absolute atomic E-state index is 5.97. The van der Waals surface area contributed by atoms with Crippen molar-refractivity contribution in [3.63, 3.8) is 0 Å². The number of anilines is 3. The van der Waals surface area contributed by atoms with Crippen molar-refractivity contribution < 1.29 is 0 Å². The molecule has 2 rings (SSSR count). The van der Waals surface area contributed by atoms with E-state index in [-0.39, 0.29) is 0 Å². The number of hydrogen-bond donors (Lipinski definition) is 2. The van der Waals surface area contributed by atoms with Crippen LogP contribution < -0.4 is 11.1 Å². The van der Waals surface area contributed by atoms with Crippen molar-refractivity contribution in [2.75, 3.05) is 11.1 Å². The van der Waals surface area contributed by atoms with E-state index in [2.05, 4.69) is 15.3 Å². The third kappa shape index (κ3) is 2.35. The lowest BCUT2D eigenvalue weighted by Gasteiger charge is -2.06. The van der Waals surface area contributed by atoms with Crippen molar-refractivity contribution in [3.05, 3.63) is 41.7 Å². The van der Waals surface area contributed by atoms with Crippen LogP contribution >= 0.6 is 11.6 Å². The summed E-state index contributed by atoms with van der Waals surface area (Å²) in [4.78, 5) is 7.97. The van der Waals surface area contributed by atoms with Gasteiger partial charge in [-0.05, 0) is 12.1 Å². The fourth-order valence-electron chi connectivity index (χ4n) is 1.10. The molecule has 0 saturated heterocycles. The predicted octanol–water partition coefficient (Wildman–Crippen LogP) is 2.46. The van der Waals surface area contributed by atoms with Crippen LogP contribution in [0, 0.1) is 0 Å². The lowest BCUT2D eigenvalue weighted by molar-refractivity contribution is 1.21. The Morgan fingerprint density at radius 2 is 1.93 bits per heavy atom. The molecule has 0 bridgehead atoms. The molecule has 0 saturated carbocycles. The molecule has 1 aromatic heterocycles. The van der Waals surface area contributed by atoms with E-state index < -0.39 is 0 Å². The average Bonchev–Trinajstić information content (AvgIpc) is 2.25. The fourth-order valence-corrected chi connectivity index (χ4v) is 1.29. The summed E-state index contributed by atoms with van der Waals surface area (Å²) in [6.07, 6.45) is 3.04. The number of aromatic nitrogens is 2. The predicted molar refractivity (Wildman–Crippen MR) is 61.2 cm³/mol. The number of para-hydroxylation sites is 1. The van der Waals surface area contributed by atoms with E-state index in [1.165, 1.54) is 6.20 Å². The van der Waals surface area contributed by atoms with Gasteiger partial charge in [-0.15, -0.1) is 0 Å². The van der Waals surface area contributed by atoms with E-state index in [1.54, 1.807) is 12.3 Å². The first-order valence-electron chi connectivity index (χ1n) is 4.35. The minimum absolute atomic E-state index is 0.389. The van der Waals surface area contributed by atoms with Gasteiger partial charge >= 0.3 is 0 Å². The molecule has 0 aliphatic carbocycles. The number of nitrogen functional groups attached to an aromatic ring is 1. The summed E-state index contributed by atoms with van der Waals surface area (Å²) in [6, 6.07) is 7.41. The zero-order valence-corrected chi connectivity index (χ0v) is 8.57. The Bertz CT molecular complexity index is 455. The summed E-state index contributed by atoms with van der Waals surface area (Å²) in [6.45, 7) is 0. The lowest BCUT2D eigenvalue weighted by Crippen LogP contribution is -1.97. The van der Waals surface area contributed by atoms with E-state index in [4.69, 9.17) is 17.3 Å². The van der Waals surface area contributed by atoms with Gasteiger partial charge in [0, 0.05) is 0 Å². The van der Waals surface area contributed by atoms with Crippen LogP contribution in [-0.4, -0.2) is 9.97 Å². The molecule has 15 heavy (non-hydrogen) atoms. The number of nitrogens with two attached hydrogens (primary N) is 1. The van der Waals surface area contributed by atoms with Crippen LogP contribution in [0.5, 0.6) is 0 Å². The Hall–Kier alpha value is -1.81. The normalized spacial score (nSPS) is 9.93. The molecule has 0 aliphatic heterocycles. The molecule has 0 aliphatic rings. The number of nitrogens with zero attached hydrogens (tertiary/aromatic N) is 2. The van der Waals surface area contributed by atoms with Gasteiger partial charge in [0.1, 0.15) is 11.6 Å². The van der Waals surface area contributed by atoms with Gasteiger partial charge in [-0.25, -0.2) is 9.97 Å². The molecule has 0 atom stereocenters. The van der Waals surface area contributed by atoms with E-state index >= 15 is 0 Å². The second kappa shape index (κ2) is 4.14. The first kappa shape index (κ1) is 9.73. The molecular formula is C10H9ClN4. The van der Waals surface area contributed by atoms with Crippen molar-refractivity contribution in [1.29, 1.82) is 0 Å². The minimum atomic E-state index is 0.389. The molecule has 0 spiro atoms. The topological polar surface area (TPSA) is 63.8 Å². The maximum Gasteiger partial charge on any atom is 0.149 e. The third-order valence-electron chi connectivity index (χ3n) is 1.81. The smallest absolute Gasteiger partial charge is 0.149 e. The lowest BCUT2D eigenvalue weighted by atomic mass is 10.3. The van der Waals surface area contributed by atoms with Gasteiger partial charge < -0.3 is 11.1 Å². The number of nitrogens with one attached hydrogen (secondary N) is 1. The molecule has 1 aromatic carbocycles. The largest absolute Gasteiger partial charge is 0.382 e. The molecule has 0 amide bonds. The summed E-state index contributed by atoms with van der Waals surface area (Å²) >= 11 is 5.97. The Kier molecular flexibility index (Phi) is 2.69. The molecule has 76 valence electrons. The monoisotopic (exact) mass is 220 g/mol. The Balaban J connectivity index is 2.22. The standard InChI is InChI=1S/C10H9ClN4/c11-7-3-1-2-4-8(7)15-10-6-13-9(12)5-14-10/h1-6H,(H2,12,13)(H,14,15). The van der Waals surface area contributed by atoms with Crippen molar-refractivity contribution in [3.8, 4) is 0 Å². The van der Waals surface area contributed by atoms with Gasteiger partial charge in [-0.2, -0.15) is 0 Å². The van der Waals surface area contributed by atoms with Gasteiger partial charge in [0.05, 0.1) is 23.1 Å². The van der Waals surface area contributed by atoms with Gasteiger partial charge in [0.2, 0.25) is 0 Å². The molecule has 0 unspecified atom stereocenters. The van der Waals surface area contributed by atoms with E-state index in [1.807, 2.05) is 18.2 Å². The second-order valence-electron chi connectivity index (χ2n) is 2.93. The van der Waals surface area contributed by atoms with Crippen molar-refractivity contribution in [2.24, 2.45) is 0 Å². The second-order valence-corrected chi connectivity index (χ2v) is 3.34. The van der Waals surface area contributed by atoms with Gasteiger partial charge in [0.25, 0.3) is 0 Å². The van der Waals surface area contributed by atoms with Crippen LogP contribution in [0.1, 0.15) is 0 Å². The van der Waals surface area contributed by atoms with Crippen LogP contribution in [0.25, 0.3) is 0 Å². The molecule has 0 radical (unpaired) electrons. The van der Waals surface area contributed by atoms with Gasteiger partial charge in [-0.3, -0.25) is 0 Å². The first-order chi connectivity index (χ1) is 7.25. The molecule has 3 N–H and O–H groups in total. The molecule has 4 nitrogen and oxygen atoms in total. The minimum Gasteiger partial charge on any atom is -0.382 e. The highest BCUT2D eigenvalue weighted by Crippen LogP contribution is 2.23. The third-order valence-corrected chi connectivity index (χ3v) is 2.14. The number of halogens is 1. The van der Waals surface area contributed by atoms with Crippen molar-refractivity contribution in [1.82, 2.24) is 9.97 Å². The highest BCUT2D eigenvalue weighted by atomic mass is 35.5. The maximum atomic E-state index is 5.97. The van der Waals surface area contributed by atoms with Crippen LogP contribution in [0.4, 0.5) is 17.3 Å². The summed E-state index contributed by atoms with van der Waals surface area (Å²) in [5.74, 6) is 0.997. The Labute approximate surface area is 92.1 Å². The summed E-state index contributed by atoms with van der Waals surface area (Å²) < 4.78 is 0. The number of hydrogen-bond acceptors (Lipinski definition) is 4. The molecule has 5 heteroatoms. The number of rotatable bonds is 2. The van der Waals surface area contributed by atoms with E-state index in [9.17, 15) is 0 Å². The van der Waals surface area contributed by atoms with Crippen molar-refractivity contribution in [2.45, 2.75) is 0 Å². The Morgan fingerprint density at radius 1 is 1.13 bits per heavy atom. The molecule has 1 heterocycles. The fraction of sp³-hybridized carbons (Fsp3) is 0. The van der Waals surface area contributed by atoms with Crippen LogP contribution in [0.15, 0.2) is 36.7 Å². The molecule has 2 aromatic rings. The number of benzene rings is 1. The van der Waals surface area contributed by atoms with E-state index in [0.717, 1.165) is 5.69 Å². The quantitative estimate of drug-likeness (QED) is 0.816. The highest BCUT2D eigenvalue weighted by Gasteiger charge is 2.00. The molecular weight excluding hydrogens is 212 g/mol.